The van der Waals surface area contributed by atoms with Crippen molar-refractivity contribution in [3.63, 3.8) is 0 Å². The van der Waals surface area contributed by atoms with Gasteiger partial charge in [0.25, 0.3) is 0 Å². The molecule has 26 heavy (non-hydrogen) atoms. The Labute approximate surface area is 150 Å². The summed E-state index contributed by atoms with van der Waals surface area (Å²) in [4.78, 5) is 12.0. The van der Waals surface area contributed by atoms with Crippen molar-refractivity contribution in [3.05, 3.63) is 48.0 Å². The fraction of sp³-hybridized carbons (Fsp3) is 0.211. The molecule has 0 radical (unpaired) electrons. The lowest BCUT2D eigenvalue weighted by molar-refractivity contribution is -0.120. The Morgan fingerprint density at radius 1 is 1.23 bits per heavy atom. The largest absolute Gasteiger partial charge is 0.497 e. The molecular formula is C19H19N3O4. The molecule has 0 saturated carbocycles. The van der Waals surface area contributed by atoms with Gasteiger partial charge in [-0.2, -0.15) is 0 Å². The number of rotatable bonds is 5. The van der Waals surface area contributed by atoms with E-state index >= 15 is 0 Å². The van der Waals surface area contributed by atoms with Crippen LogP contribution in [0.25, 0.3) is 10.9 Å². The monoisotopic (exact) mass is 353 g/mol. The van der Waals surface area contributed by atoms with Gasteiger partial charge in [0.2, 0.25) is 5.88 Å². The van der Waals surface area contributed by atoms with Gasteiger partial charge in [-0.05, 0) is 36.8 Å². The van der Waals surface area contributed by atoms with Gasteiger partial charge in [-0.3, -0.25) is 4.79 Å². The Kier molecular flexibility index (Phi) is 4.88. The highest BCUT2D eigenvalue weighted by Gasteiger charge is 2.15. The van der Waals surface area contributed by atoms with Crippen LogP contribution in [0.2, 0.25) is 0 Å². The molecule has 1 N–H and O–H groups in total. The normalized spacial score (nSPS) is 11.2. The van der Waals surface area contributed by atoms with Crippen LogP contribution in [0.1, 0.15) is 5.56 Å². The van der Waals surface area contributed by atoms with E-state index < -0.39 is 5.91 Å². The number of aryl methyl sites for hydroxylation is 2. The average Bonchev–Trinajstić information content (AvgIpc) is 2.89. The van der Waals surface area contributed by atoms with Gasteiger partial charge < -0.3 is 19.1 Å². The zero-order valence-corrected chi connectivity index (χ0v) is 14.8. The number of benzene rings is 2. The third-order valence-electron chi connectivity index (χ3n) is 4.06. The number of fused-ring (bicyclic) bond motifs is 1. The maximum absolute atomic E-state index is 12.0. The van der Waals surface area contributed by atoms with Crippen LogP contribution in [0.4, 0.5) is 5.69 Å². The van der Waals surface area contributed by atoms with E-state index in [1.54, 1.807) is 43.0 Å². The Balaban J connectivity index is 1.80. The quantitative estimate of drug-likeness (QED) is 0.705. The van der Waals surface area contributed by atoms with Gasteiger partial charge in [0.1, 0.15) is 11.5 Å². The molecule has 1 amide bonds. The summed E-state index contributed by atoms with van der Waals surface area (Å²) >= 11 is 0. The topological polar surface area (TPSA) is 85.4 Å². The van der Waals surface area contributed by atoms with E-state index in [1.165, 1.54) is 0 Å². The molecule has 0 fully saturated rings. The van der Waals surface area contributed by atoms with Crippen LogP contribution >= 0.6 is 0 Å². The van der Waals surface area contributed by atoms with Crippen molar-refractivity contribution >= 4 is 22.5 Å². The predicted molar refractivity (Wildman–Crippen MR) is 97.3 cm³/mol. The van der Waals surface area contributed by atoms with E-state index in [-0.39, 0.29) is 18.2 Å². The Hall–Kier alpha value is -3.35. The fourth-order valence-electron chi connectivity index (χ4n) is 2.61. The van der Waals surface area contributed by atoms with Crippen LogP contribution in [0.15, 0.2) is 52.7 Å². The number of carbonyl (C=O) groups excluding carboxylic acids is 1. The fourth-order valence-corrected chi connectivity index (χ4v) is 2.61. The number of aromatic hydroxyl groups is 1. The number of amides is 1. The molecule has 0 bridgehead atoms. The highest BCUT2D eigenvalue weighted by molar-refractivity contribution is 5.96. The van der Waals surface area contributed by atoms with Gasteiger partial charge in [0.15, 0.2) is 12.3 Å². The molecule has 0 aliphatic heterocycles. The summed E-state index contributed by atoms with van der Waals surface area (Å²) in [7, 11) is 3.25. The molecule has 7 nitrogen and oxygen atoms in total. The van der Waals surface area contributed by atoms with E-state index in [0.717, 1.165) is 11.1 Å². The molecule has 0 aliphatic carbocycles. The SMILES string of the molecule is COc1ccc2c(c1)c(N=NC(=O)COc1ccccc1C)c(O)n2C. The minimum absolute atomic E-state index is 0.0791. The molecule has 1 heterocycles. The van der Waals surface area contributed by atoms with E-state index in [4.69, 9.17) is 9.47 Å². The van der Waals surface area contributed by atoms with Crippen LogP contribution in [-0.2, 0) is 11.8 Å². The zero-order chi connectivity index (χ0) is 18.7. The number of nitrogens with zero attached hydrogens (tertiary/aromatic N) is 3. The van der Waals surface area contributed by atoms with Crippen molar-refractivity contribution in [1.29, 1.82) is 0 Å². The molecule has 2 aromatic carbocycles. The maximum Gasteiger partial charge on any atom is 0.302 e. The third-order valence-corrected chi connectivity index (χ3v) is 4.06. The van der Waals surface area contributed by atoms with Crippen LogP contribution in [0, 0.1) is 6.92 Å². The van der Waals surface area contributed by atoms with Gasteiger partial charge in [-0.25, -0.2) is 0 Å². The molecular weight excluding hydrogens is 334 g/mol. The van der Waals surface area contributed by atoms with E-state index in [1.807, 2.05) is 25.1 Å². The van der Waals surface area contributed by atoms with Crippen molar-refractivity contribution < 1.29 is 19.4 Å². The van der Waals surface area contributed by atoms with E-state index in [9.17, 15) is 9.90 Å². The summed E-state index contributed by atoms with van der Waals surface area (Å²) < 4.78 is 12.2. The van der Waals surface area contributed by atoms with Crippen molar-refractivity contribution in [1.82, 2.24) is 4.57 Å². The number of ether oxygens (including phenoxy) is 2. The summed E-state index contributed by atoms with van der Waals surface area (Å²) in [6.07, 6.45) is 0. The molecule has 3 rings (SSSR count). The number of aromatic nitrogens is 1. The molecule has 0 saturated heterocycles. The van der Waals surface area contributed by atoms with Crippen molar-refractivity contribution in [2.24, 2.45) is 17.3 Å². The summed E-state index contributed by atoms with van der Waals surface area (Å²) in [6, 6.07) is 12.7. The second-order valence-corrected chi connectivity index (χ2v) is 5.76. The third kappa shape index (κ3) is 3.37. The number of methoxy groups -OCH3 is 1. The lowest BCUT2D eigenvalue weighted by Crippen LogP contribution is -2.08. The van der Waals surface area contributed by atoms with Gasteiger partial charge in [0, 0.05) is 12.4 Å². The second kappa shape index (κ2) is 7.26. The van der Waals surface area contributed by atoms with Crippen LogP contribution in [-0.4, -0.2) is 29.3 Å². The van der Waals surface area contributed by atoms with Crippen LogP contribution in [0.5, 0.6) is 17.4 Å². The predicted octanol–water partition coefficient (Wildman–Crippen LogP) is 3.89. The standard InChI is InChI=1S/C19H19N3O4/c1-12-6-4-5-7-16(12)26-11-17(23)20-21-18-14-10-13(25-3)8-9-15(14)22(2)19(18)24/h4-10,24H,11H2,1-3H3. The maximum atomic E-state index is 12.0. The minimum atomic E-state index is -0.549. The van der Waals surface area contributed by atoms with E-state index in [0.29, 0.717) is 16.9 Å². The van der Waals surface area contributed by atoms with Crippen molar-refractivity contribution in [3.8, 4) is 17.4 Å². The van der Waals surface area contributed by atoms with Crippen LogP contribution < -0.4 is 9.47 Å². The van der Waals surface area contributed by atoms with Gasteiger partial charge in [-0.1, -0.05) is 18.2 Å². The highest BCUT2D eigenvalue weighted by Crippen LogP contribution is 2.39. The number of hydrogen-bond donors (Lipinski definition) is 1. The average molecular weight is 353 g/mol. The van der Waals surface area contributed by atoms with Gasteiger partial charge in [0.05, 0.1) is 12.6 Å². The number of para-hydroxylation sites is 1. The molecule has 0 atom stereocenters. The molecule has 3 aromatic rings. The second-order valence-electron chi connectivity index (χ2n) is 5.76. The Bertz CT molecular complexity index is 992. The zero-order valence-electron chi connectivity index (χ0n) is 14.8. The Morgan fingerprint density at radius 2 is 2.00 bits per heavy atom. The van der Waals surface area contributed by atoms with Crippen molar-refractivity contribution in [2.75, 3.05) is 13.7 Å². The first-order valence-corrected chi connectivity index (χ1v) is 7.99. The molecule has 0 aliphatic rings. The lowest BCUT2D eigenvalue weighted by Gasteiger charge is -2.05. The minimum Gasteiger partial charge on any atom is -0.497 e. The molecule has 1 aromatic heterocycles. The summed E-state index contributed by atoms with van der Waals surface area (Å²) in [5.74, 6) is 0.611. The van der Waals surface area contributed by atoms with Crippen molar-refractivity contribution in [2.45, 2.75) is 6.92 Å². The molecule has 0 unspecified atom stereocenters. The van der Waals surface area contributed by atoms with E-state index in [2.05, 4.69) is 10.2 Å². The summed E-state index contributed by atoms with van der Waals surface area (Å²) in [5.41, 5.74) is 1.89. The lowest BCUT2D eigenvalue weighted by atomic mass is 10.2. The number of hydrogen-bond acceptors (Lipinski definition) is 5. The molecule has 134 valence electrons. The van der Waals surface area contributed by atoms with Gasteiger partial charge in [-0.15, -0.1) is 10.2 Å². The first-order valence-electron chi connectivity index (χ1n) is 7.99. The Morgan fingerprint density at radius 3 is 2.73 bits per heavy atom. The highest BCUT2D eigenvalue weighted by atomic mass is 16.5. The summed E-state index contributed by atoms with van der Waals surface area (Å²) in [6.45, 7) is 1.66. The van der Waals surface area contributed by atoms with Crippen LogP contribution in [0.3, 0.4) is 0 Å². The summed E-state index contributed by atoms with van der Waals surface area (Å²) in [5, 5.41) is 18.5. The first-order chi connectivity index (χ1) is 12.5. The number of azo groups is 1. The molecule has 0 spiro atoms. The smallest absolute Gasteiger partial charge is 0.302 e. The van der Waals surface area contributed by atoms with Gasteiger partial charge >= 0.3 is 5.91 Å². The first kappa shape index (κ1) is 17.5. The molecule has 7 heteroatoms. The number of carbonyl (C=O) groups is 1.